The predicted molar refractivity (Wildman–Crippen MR) is 139 cm³/mol. The Kier molecular flexibility index (Phi) is 6.04. The second-order valence-corrected chi connectivity index (χ2v) is 14.1. The zero-order chi connectivity index (χ0) is 23.0. The van der Waals surface area contributed by atoms with Crippen LogP contribution in [0.2, 0.25) is 0 Å². The number of ether oxygens (including phenoxy) is 1. The molecule has 2 N–H and O–H groups in total. The third-order valence-corrected chi connectivity index (χ3v) is 12.5. The molecule has 3 nitrogen and oxygen atoms in total. The lowest BCUT2D eigenvalue weighted by Gasteiger charge is -2.54. The Morgan fingerprint density at radius 1 is 1.09 bits per heavy atom. The standard InChI is InChI=1S/C29H48N2OS/c1-17-12-26-27(30-16-17)19(3)29(32-26)11-9-22-23-7-6-20-13-21(31-33-5)8-10-28(20,4)25(23)14-24(22)18(2)15-29/h17,19-23,25-27,30-31H,6-16H2,1-5H3. The lowest BCUT2D eigenvalue weighted by atomic mass is 9.52. The molecule has 11 unspecified atom stereocenters. The fourth-order valence-electron chi connectivity index (χ4n) is 10.1. The van der Waals surface area contributed by atoms with Crippen molar-refractivity contribution in [2.75, 3.05) is 12.8 Å². The van der Waals surface area contributed by atoms with E-state index in [1.165, 1.54) is 70.8 Å². The van der Waals surface area contributed by atoms with Crippen molar-refractivity contribution < 1.29 is 4.74 Å². The molecular weight excluding hydrogens is 424 g/mol. The molecule has 0 amide bonds. The molecule has 2 heterocycles. The second-order valence-electron chi connectivity index (χ2n) is 13.5. The number of rotatable bonds is 2. The number of fused-ring (bicyclic) bond motifs is 6. The van der Waals surface area contributed by atoms with Crippen LogP contribution in [0.1, 0.15) is 91.9 Å². The summed E-state index contributed by atoms with van der Waals surface area (Å²) in [7, 11) is 0. The zero-order valence-corrected chi connectivity index (χ0v) is 22.6. The molecule has 0 aromatic carbocycles. The van der Waals surface area contributed by atoms with Crippen LogP contribution < -0.4 is 10.0 Å². The second kappa shape index (κ2) is 8.53. The molecule has 0 bridgehead atoms. The van der Waals surface area contributed by atoms with Gasteiger partial charge in [-0.05, 0) is 119 Å². The van der Waals surface area contributed by atoms with E-state index in [9.17, 15) is 0 Å². The maximum Gasteiger partial charge on any atom is 0.0765 e. The highest BCUT2D eigenvalue weighted by Gasteiger charge is 2.59. The fraction of sp³-hybridized carbons (Fsp3) is 0.931. The van der Waals surface area contributed by atoms with Gasteiger partial charge < -0.3 is 10.1 Å². The van der Waals surface area contributed by atoms with Gasteiger partial charge in [-0.2, -0.15) is 0 Å². The Hall–Kier alpha value is -0.0300. The normalized spacial score (nSPS) is 53.9. The Morgan fingerprint density at radius 2 is 1.94 bits per heavy atom. The van der Waals surface area contributed by atoms with E-state index in [2.05, 4.69) is 44.0 Å². The molecule has 11 atom stereocenters. The smallest absolute Gasteiger partial charge is 0.0765 e. The van der Waals surface area contributed by atoms with Gasteiger partial charge >= 0.3 is 0 Å². The molecule has 186 valence electrons. The maximum atomic E-state index is 7.06. The summed E-state index contributed by atoms with van der Waals surface area (Å²) in [4.78, 5) is 0. The maximum absolute atomic E-state index is 7.06. The topological polar surface area (TPSA) is 33.3 Å². The van der Waals surface area contributed by atoms with Crippen molar-refractivity contribution in [3.8, 4) is 0 Å². The summed E-state index contributed by atoms with van der Waals surface area (Å²) in [6.07, 6.45) is 16.3. The molecular formula is C29H48N2OS. The van der Waals surface area contributed by atoms with Gasteiger partial charge in [0.05, 0.1) is 11.7 Å². The first-order chi connectivity index (χ1) is 15.8. The highest BCUT2D eigenvalue weighted by molar-refractivity contribution is 7.96. The molecule has 3 saturated carbocycles. The molecule has 2 aliphatic heterocycles. The third-order valence-electron chi connectivity index (χ3n) is 11.9. The average Bonchev–Trinajstić information content (AvgIpc) is 3.24. The first kappa shape index (κ1) is 23.4. The van der Waals surface area contributed by atoms with Gasteiger partial charge in [0.2, 0.25) is 0 Å². The van der Waals surface area contributed by atoms with Crippen molar-refractivity contribution in [2.24, 2.45) is 40.9 Å². The van der Waals surface area contributed by atoms with E-state index in [4.69, 9.17) is 4.74 Å². The van der Waals surface area contributed by atoms with Gasteiger partial charge in [0.1, 0.15) is 0 Å². The van der Waals surface area contributed by atoms with Crippen molar-refractivity contribution in [3.05, 3.63) is 11.1 Å². The van der Waals surface area contributed by atoms with Gasteiger partial charge in [0.15, 0.2) is 0 Å². The van der Waals surface area contributed by atoms with Crippen LogP contribution in [0.5, 0.6) is 0 Å². The number of nitrogens with one attached hydrogen (secondary N) is 2. The molecule has 6 aliphatic rings. The van der Waals surface area contributed by atoms with Gasteiger partial charge in [0, 0.05) is 18.0 Å². The minimum atomic E-state index is 0.0893. The number of hydrogen-bond acceptors (Lipinski definition) is 4. The van der Waals surface area contributed by atoms with Crippen molar-refractivity contribution >= 4 is 11.9 Å². The van der Waals surface area contributed by atoms with E-state index in [-0.39, 0.29) is 5.60 Å². The van der Waals surface area contributed by atoms with Crippen LogP contribution in [0.3, 0.4) is 0 Å². The van der Waals surface area contributed by atoms with Crippen LogP contribution in [-0.2, 0) is 4.74 Å². The summed E-state index contributed by atoms with van der Waals surface area (Å²) in [6.45, 7) is 11.3. The van der Waals surface area contributed by atoms with Crippen molar-refractivity contribution in [1.29, 1.82) is 0 Å². The Balaban J connectivity index is 1.24. The Labute approximate surface area is 207 Å². The van der Waals surface area contributed by atoms with Gasteiger partial charge in [0.25, 0.3) is 0 Å². The Bertz CT molecular complexity index is 798. The van der Waals surface area contributed by atoms with Crippen LogP contribution >= 0.6 is 11.9 Å². The number of hydrogen-bond donors (Lipinski definition) is 2. The van der Waals surface area contributed by atoms with E-state index >= 15 is 0 Å². The van der Waals surface area contributed by atoms with Gasteiger partial charge in [-0.15, -0.1) is 0 Å². The lowest BCUT2D eigenvalue weighted by Crippen LogP contribution is -2.49. The SMILES string of the molecule is CSNC1CCC2(C)C(CCC3C4CCC5(CC(C)=C4CC32)OC2CC(C)CNC2C5C)C1. The van der Waals surface area contributed by atoms with Crippen LogP contribution in [0.4, 0.5) is 0 Å². The summed E-state index contributed by atoms with van der Waals surface area (Å²) in [5.41, 5.74) is 4.28. The van der Waals surface area contributed by atoms with Gasteiger partial charge in [-0.3, -0.25) is 4.72 Å². The molecule has 0 radical (unpaired) electrons. The monoisotopic (exact) mass is 472 g/mol. The largest absolute Gasteiger partial charge is 0.369 e. The van der Waals surface area contributed by atoms with E-state index in [0.29, 0.717) is 23.5 Å². The fourth-order valence-corrected chi connectivity index (χ4v) is 10.6. The number of piperidine rings is 1. The molecule has 4 aliphatic carbocycles. The molecule has 6 rings (SSSR count). The van der Waals surface area contributed by atoms with E-state index < -0.39 is 0 Å². The van der Waals surface area contributed by atoms with Crippen LogP contribution in [0.15, 0.2) is 11.1 Å². The lowest BCUT2D eigenvalue weighted by molar-refractivity contribution is -0.0746. The summed E-state index contributed by atoms with van der Waals surface area (Å²) >= 11 is 1.83. The van der Waals surface area contributed by atoms with E-state index in [1.54, 1.807) is 5.57 Å². The zero-order valence-electron chi connectivity index (χ0n) is 21.8. The summed E-state index contributed by atoms with van der Waals surface area (Å²) in [6, 6.07) is 1.31. The summed E-state index contributed by atoms with van der Waals surface area (Å²) in [5.74, 6) is 5.03. The molecule has 2 saturated heterocycles. The quantitative estimate of drug-likeness (QED) is 0.362. The highest BCUT2D eigenvalue weighted by atomic mass is 32.2. The van der Waals surface area contributed by atoms with Crippen molar-refractivity contribution in [1.82, 2.24) is 10.0 Å². The third kappa shape index (κ3) is 3.63. The van der Waals surface area contributed by atoms with Crippen LogP contribution in [0.25, 0.3) is 0 Å². The molecule has 5 fully saturated rings. The summed E-state index contributed by atoms with van der Waals surface area (Å²) < 4.78 is 10.8. The Morgan fingerprint density at radius 3 is 2.76 bits per heavy atom. The minimum absolute atomic E-state index is 0.0893. The highest BCUT2D eigenvalue weighted by Crippen LogP contribution is 2.65. The molecule has 4 heteroatoms. The summed E-state index contributed by atoms with van der Waals surface area (Å²) in [5, 5.41) is 3.88. The molecule has 1 spiro atoms. The first-order valence-electron chi connectivity index (χ1n) is 14.2. The molecule has 0 aromatic rings. The number of allylic oxidation sites excluding steroid dienone is 1. The average molecular weight is 473 g/mol. The van der Waals surface area contributed by atoms with Crippen LogP contribution in [0, 0.1) is 40.9 Å². The predicted octanol–water partition coefficient (Wildman–Crippen LogP) is 6.35. The van der Waals surface area contributed by atoms with Gasteiger partial charge in [-0.1, -0.05) is 43.9 Å². The van der Waals surface area contributed by atoms with Crippen LogP contribution in [-0.4, -0.2) is 36.6 Å². The minimum Gasteiger partial charge on any atom is -0.369 e. The first-order valence-corrected chi connectivity index (χ1v) is 15.5. The van der Waals surface area contributed by atoms with Crippen molar-refractivity contribution in [3.63, 3.8) is 0 Å². The van der Waals surface area contributed by atoms with E-state index in [0.717, 1.165) is 35.6 Å². The van der Waals surface area contributed by atoms with E-state index in [1.807, 2.05) is 17.5 Å². The van der Waals surface area contributed by atoms with Crippen molar-refractivity contribution in [2.45, 2.75) is 116 Å². The molecule has 0 aromatic heterocycles. The molecule has 33 heavy (non-hydrogen) atoms. The van der Waals surface area contributed by atoms with Gasteiger partial charge in [-0.25, -0.2) is 0 Å².